The predicted molar refractivity (Wildman–Crippen MR) is 121 cm³/mol. The van der Waals surface area contributed by atoms with E-state index in [1.807, 2.05) is 37.4 Å². The van der Waals surface area contributed by atoms with Crippen LogP contribution in [0.1, 0.15) is 30.0 Å². The first kappa shape index (κ1) is 20.9. The van der Waals surface area contributed by atoms with Crippen molar-refractivity contribution in [3.8, 4) is 5.75 Å². The normalized spacial score (nSPS) is 24.9. The maximum Gasteiger partial charge on any atom is 0.340 e. The molecule has 32 heavy (non-hydrogen) atoms. The zero-order valence-electron chi connectivity index (χ0n) is 18.6. The third-order valence-electron chi connectivity index (χ3n) is 6.77. The zero-order chi connectivity index (χ0) is 22.2. The third-order valence-corrected chi connectivity index (χ3v) is 6.77. The van der Waals surface area contributed by atoms with Gasteiger partial charge >= 0.3 is 6.03 Å². The lowest BCUT2D eigenvalue weighted by Crippen LogP contribution is -2.45. The number of piperidine rings is 1. The van der Waals surface area contributed by atoms with Gasteiger partial charge in [-0.1, -0.05) is 30.3 Å². The largest absolute Gasteiger partial charge is 0.492 e. The maximum atomic E-state index is 14.0. The van der Waals surface area contributed by atoms with Crippen LogP contribution < -0.4 is 4.74 Å². The fourth-order valence-corrected chi connectivity index (χ4v) is 5.25. The van der Waals surface area contributed by atoms with E-state index in [1.54, 1.807) is 16.0 Å². The highest BCUT2D eigenvalue weighted by Gasteiger charge is 2.46. The van der Waals surface area contributed by atoms with E-state index >= 15 is 0 Å². The Balaban J connectivity index is 1.46. The van der Waals surface area contributed by atoms with E-state index in [9.17, 15) is 9.18 Å². The summed E-state index contributed by atoms with van der Waals surface area (Å²) in [5.41, 5.74) is 2.35. The van der Waals surface area contributed by atoms with E-state index in [1.165, 1.54) is 12.1 Å². The highest BCUT2D eigenvalue weighted by Crippen LogP contribution is 2.43. The van der Waals surface area contributed by atoms with Crippen LogP contribution in [-0.2, 0) is 0 Å². The number of amides is 2. The van der Waals surface area contributed by atoms with Crippen LogP contribution >= 0.6 is 0 Å². The second-order valence-electron chi connectivity index (χ2n) is 9.18. The van der Waals surface area contributed by atoms with E-state index in [4.69, 9.17) is 9.84 Å². The average molecular weight is 437 g/mol. The van der Waals surface area contributed by atoms with E-state index in [0.29, 0.717) is 30.4 Å². The third kappa shape index (κ3) is 3.86. The number of carbonyl (C=O) groups excluding carboxylic acids is 1. The summed E-state index contributed by atoms with van der Waals surface area (Å²) >= 11 is 0. The number of halogens is 1. The van der Waals surface area contributed by atoms with Crippen molar-refractivity contribution in [3.63, 3.8) is 0 Å². The van der Waals surface area contributed by atoms with Crippen molar-refractivity contribution < 1.29 is 13.9 Å². The van der Waals surface area contributed by atoms with E-state index < -0.39 is 0 Å². The Morgan fingerprint density at radius 2 is 2.06 bits per heavy atom. The number of benzene rings is 2. The van der Waals surface area contributed by atoms with Gasteiger partial charge in [-0.15, -0.1) is 0 Å². The minimum Gasteiger partial charge on any atom is -0.492 e. The molecule has 6 nitrogen and oxygen atoms in total. The Labute approximate surface area is 188 Å². The molecule has 5 rings (SSSR count). The maximum absolute atomic E-state index is 14.0. The van der Waals surface area contributed by atoms with E-state index in [0.717, 1.165) is 37.2 Å². The van der Waals surface area contributed by atoms with Crippen molar-refractivity contribution in [2.45, 2.75) is 18.9 Å². The topological polar surface area (TPSA) is 48.4 Å². The number of hydrazone groups is 1. The number of hydrogen-bond acceptors (Lipinski definition) is 4. The predicted octanol–water partition coefficient (Wildman–Crippen LogP) is 3.99. The molecule has 0 saturated carbocycles. The number of urea groups is 1. The van der Waals surface area contributed by atoms with Gasteiger partial charge < -0.3 is 14.5 Å². The number of carbonyl (C=O) groups is 1. The minimum atomic E-state index is -0.338. The first-order chi connectivity index (χ1) is 15.5. The van der Waals surface area contributed by atoms with Crippen LogP contribution in [-0.4, -0.2) is 66.9 Å². The lowest BCUT2D eigenvalue weighted by molar-refractivity contribution is 0.118. The molecule has 0 aliphatic carbocycles. The van der Waals surface area contributed by atoms with Crippen molar-refractivity contribution in [2.24, 2.45) is 16.9 Å². The monoisotopic (exact) mass is 436 g/mol. The van der Waals surface area contributed by atoms with Crippen molar-refractivity contribution in [1.82, 2.24) is 14.8 Å². The molecule has 3 heterocycles. The molecule has 1 fully saturated rings. The molecular formula is C25H29FN4O2. The van der Waals surface area contributed by atoms with Gasteiger partial charge in [0, 0.05) is 25.7 Å². The molecule has 168 valence electrons. The number of rotatable bonds is 3. The lowest BCUT2D eigenvalue weighted by Gasteiger charge is -2.35. The number of nitrogens with zero attached hydrogens (tertiary/aromatic N) is 4. The molecule has 7 heteroatoms. The van der Waals surface area contributed by atoms with Gasteiger partial charge in [0.1, 0.15) is 11.6 Å². The van der Waals surface area contributed by atoms with Crippen molar-refractivity contribution >= 4 is 11.7 Å². The van der Waals surface area contributed by atoms with Gasteiger partial charge in [0.25, 0.3) is 0 Å². The molecule has 3 aliphatic rings. The Hall–Kier alpha value is -2.93. The number of fused-ring (bicyclic) bond motifs is 3. The number of likely N-dealkylation sites (tertiary alicyclic amines) is 1. The molecule has 0 radical (unpaired) electrons. The smallest absolute Gasteiger partial charge is 0.340 e. The van der Waals surface area contributed by atoms with Crippen LogP contribution in [0, 0.1) is 17.7 Å². The SMILES string of the molecule is CN1CCCC(CN(C)C(=O)N2N=C3c4cc(F)ccc4OC[C@H]3[C@H]2c2ccccc2)C1. The zero-order valence-corrected chi connectivity index (χ0v) is 18.6. The number of ether oxygens (including phenoxy) is 1. The fourth-order valence-electron chi connectivity index (χ4n) is 5.25. The quantitative estimate of drug-likeness (QED) is 0.731. The van der Waals surface area contributed by atoms with Gasteiger partial charge in [0.05, 0.1) is 24.3 Å². The summed E-state index contributed by atoms with van der Waals surface area (Å²) in [7, 11) is 3.98. The molecule has 1 unspecified atom stereocenters. The van der Waals surface area contributed by atoms with Crippen molar-refractivity contribution in [1.29, 1.82) is 0 Å². The lowest BCUT2D eigenvalue weighted by atomic mass is 9.86. The Morgan fingerprint density at radius 1 is 1.25 bits per heavy atom. The van der Waals surface area contributed by atoms with Gasteiger partial charge in [-0.25, -0.2) is 14.2 Å². The highest BCUT2D eigenvalue weighted by molar-refractivity contribution is 6.07. The summed E-state index contributed by atoms with van der Waals surface area (Å²) in [5, 5.41) is 6.37. The first-order valence-corrected chi connectivity index (χ1v) is 11.3. The standard InChI is InChI=1S/C25H29FN4O2/c1-28-12-6-7-17(14-28)15-29(2)25(31)30-24(18-8-4-3-5-9-18)21-16-32-22-11-10-19(26)13-20(22)23(21)27-30/h3-5,8-11,13,17,21,24H,6-7,12,14-16H2,1-2H3/t17?,21-,24-/m1/s1. The molecule has 3 atom stereocenters. The Morgan fingerprint density at radius 3 is 2.84 bits per heavy atom. The van der Waals surface area contributed by atoms with Crippen LogP contribution in [0.2, 0.25) is 0 Å². The van der Waals surface area contributed by atoms with Crippen LogP contribution in [0.15, 0.2) is 53.6 Å². The summed E-state index contributed by atoms with van der Waals surface area (Å²) in [6.45, 7) is 3.20. The summed E-state index contributed by atoms with van der Waals surface area (Å²) in [5.74, 6) is 0.579. The first-order valence-electron chi connectivity index (χ1n) is 11.3. The molecule has 0 bridgehead atoms. The summed E-state index contributed by atoms with van der Waals surface area (Å²) in [6.07, 6.45) is 2.28. The minimum absolute atomic E-state index is 0.132. The molecule has 2 amide bonds. The van der Waals surface area contributed by atoms with Gasteiger partial charge in [-0.3, -0.25) is 0 Å². The van der Waals surface area contributed by atoms with Gasteiger partial charge in [0.2, 0.25) is 0 Å². The molecule has 2 aromatic carbocycles. The molecule has 0 spiro atoms. The molecule has 2 aromatic rings. The van der Waals surface area contributed by atoms with E-state index in [2.05, 4.69) is 11.9 Å². The highest BCUT2D eigenvalue weighted by atomic mass is 19.1. The van der Waals surface area contributed by atoms with Crippen LogP contribution in [0.4, 0.5) is 9.18 Å². The summed E-state index contributed by atoms with van der Waals surface area (Å²) in [4.78, 5) is 17.7. The summed E-state index contributed by atoms with van der Waals surface area (Å²) < 4.78 is 20.0. The van der Waals surface area contributed by atoms with Crippen molar-refractivity contribution in [2.75, 3.05) is 40.3 Å². The molecule has 0 N–H and O–H groups in total. The Kier molecular flexibility index (Phi) is 5.59. The molecule has 0 aromatic heterocycles. The second-order valence-corrected chi connectivity index (χ2v) is 9.18. The summed E-state index contributed by atoms with van der Waals surface area (Å²) in [6, 6.07) is 14.0. The van der Waals surface area contributed by atoms with Gasteiger partial charge in [-0.2, -0.15) is 5.10 Å². The molecule has 1 saturated heterocycles. The van der Waals surface area contributed by atoms with Crippen LogP contribution in [0.3, 0.4) is 0 Å². The molecular weight excluding hydrogens is 407 g/mol. The van der Waals surface area contributed by atoms with Crippen LogP contribution in [0.25, 0.3) is 0 Å². The second kappa shape index (κ2) is 8.54. The van der Waals surface area contributed by atoms with Crippen molar-refractivity contribution in [3.05, 3.63) is 65.5 Å². The van der Waals surface area contributed by atoms with E-state index in [-0.39, 0.29) is 23.8 Å². The van der Waals surface area contributed by atoms with Crippen LogP contribution in [0.5, 0.6) is 5.75 Å². The average Bonchev–Trinajstić information content (AvgIpc) is 3.19. The molecule has 3 aliphatic heterocycles. The number of hydrogen-bond donors (Lipinski definition) is 0. The van der Waals surface area contributed by atoms with Gasteiger partial charge in [-0.05, 0) is 56.1 Å². The fraction of sp³-hybridized carbons (Fsp3) is 0.440. The van der Waals surface area contributed by atoms with Gasteiger partial charge in [0.15, 0.2) is 0 Å². The Bertz CT molecular complexity index is 1030.